The van der Waals surface area contributed by atoms with E-state index >= 15 is 0 Å². The minimum Gasteiger partial charge on any atom is -0.465 e. The molecule has 0 saturated carbocycles. The fourth-order valence-corrected chi connectivity index (χ4v) is 1.60. The van der Waals surface area contributed by atoms with Crippen molar-refractivity contribution in [3.05, 3.63) is 24.3 Å². The fraction of sp³-hybridized carbons (Fsp3) is 0.429. The number of urea groups is 1. The number of ether oxygens (including phenoxy) is 1. The van der Waals surface area contributed by atoms with E-state index in [1.165, 1.54) is 4.90 Å². The highest BCUT2D eigenvalue weighted by Crippen LogP contribution is 2.12. The largest absolute Gasteiger partial charge is 0.465 e. The van der Waals surface area contributed by atoms with E-state index in [1.807, 2.05) is 13.8 Å². The molecule has 0 aliphatic rings. The van der Waals surface area contributed by atoms with Gasteiger partial charge in [0, 0.05) is 17.4 Å². The van der Waals surface area contributed by atoms with Crippen molar-refractivity contribution in [2.75, 3.05) is 24.2 Å². The van der Waals surface area contributed by atoms with Gasteiger partial charge in [-0.25, -0.2) is 4.79 Å². The quantitative estimate of drug-likeness (QED) is 0.638. The van der Waals surface area contributed by atoms with Crippen LogP contribution in [0.3, 0.4) is 0 Å². The molecule has 0 bridgehead atoms. The maximum absolute atomic E-state index is 12.2. The maximum atomic E-state index is 12.2. The molecular formula is C14H21N3O3. The highest BCUT2D eigenvalue weighted by Gasteiger charge is 2.20. The third-order valence-electron chi connectivity index (χ3n) is 2.65. The monoisotopic (exact) mass is 279 g/mol. The number of rotatable bonds is 5. The fourth-order valence-electron chi connectivity index (χ4n) is 1.60. The summed E-state index contributed by atoms with van der Waals surface area (Å²) in [5.41, 5.74) is 6.82. The first-order valence-corrected chi connectivity index (χ1v) is 6.52. The molecule has 0 unspecified atom stereocenters. The molecule has 6 nitrogen and oxygen atoms in total. The van der Waals surface area contributed by atoms with Crippen LogP contribution in [-0.4, -0.2) is 36.1 Å². The molecular weight excluding hydrogens is 258 g/mol. The Balaban J connectivity index is 2.69. The van der Waals surface area contributed by atoms with E-state index in [0.29, 0.717) is 18.0 Å². The second-order valence-electron chi connectivity index (χ2n) is 4.58. The smallest absolute Gasteiger partial charge is 0.325 e. The van der Waals surface area contributed by atoms with E-state index in [-0.39, 0.29) is 18.6 Å². The van der Waals surface area contributed by atoms with E-state index in [9.17, 15) is 9.59 Å². The number of benzene rings is 1. The zero-order valence-corrected chi connectivity index (χ0v) is 12.1. The number of nitrogens with two attached hydrogens (primary N) is 1. The predicted molar refractivity (Wildman–Crippen MR) is 78.3 cm³/mol. The van der Waals surface area contributed by atoms with E-state index in [1.54, 1.807) is 31.2 Å². The summed E-state index contributed by atoms with van der Waals surface area (Å²) in [6, 6.07) is 6.33. The molecule has 0 saturated heterocycles. The van der Waals surface area contributed by atoms with Gasteiger partial charge in [-0.3, -0.25) is 4.79 Å². The van der Waals surface area contributed by atoms with Crippen molar-refractivity contribution in [3.63, 3.8) is 0 Å². The summed E-state index contributed by atoms with van der Waals surface area (Å²) < 4.78 is 4.86. The Kier molecular flexibility index (Phi) is 5.83. The SMILES string of the molecule is CCOC(=O)CN(C(=O)Nc1ccc(N)cc1)C(C)C. The van der Waals surface area contributed by atoms with Gasteiger partial charge in [0.25, 0.3) is 0 Å². The first-order valence-electron chi connectivity index (χ1n) is 6.52. The molecule has 0 atom stereocenters. The first kappa shape index (κ1) is 15.8. The third kappa shape index (κ3) is 4.79. The van der Waals surface area contributed by atoms with E-state index in [2.05, 4.69) is 5.32 Å². The summed E-state index contributed by atoms with van der Waals surface area (Å²) in [4.78, 5) is 25.1. The van der Waals surface area contributed by atoms with Gasteiger partial charge in [-0.15, -0.1) is 0 Å². The maximum Gasteiger partial charge on any atom is 0.325 e. The van der Waals surface area contributed by atoms with Gasteiger partial charge in [-0.2, -0.15) is 0 Å². The van der Waals surface area contributed by atoms with Crippen LogP contribution in [0.4, 0.5) is 16.2 Å². The lowest BCUT2D eigenvalue weighted by Gasteiger charge is -2.25. The standard InChI is InChI=1S/C14H21N3O3/c1-4-20-13(18)9-17(10(2)3)14(19)16-12-7-5-11(15)6-8-12/h5-8,10H,4,9,15H2,1-3H3,(H,16,19). The second-order valence-corrected chi connectivity index (χ2v) is 4.58. The number of nitrogen functional groups attached to an aromatic ring is 1. The van der Waals surface area contributed by atoms with Crippen molar-refractivity contribution < 1.29 is 14.3 Å². The van der Waals surface area contributed by atoms with Crippen LogP contribution in [0.25, 0.3) is 0 Å². The highest BCUT2D eigenvalue weighted by molar-refractivity contribution is 5.91. The van der Waals surface area contributed by atoms with Gasteiger partial charge in [0.1, 0.15) is 6.54 Å². The molecule has 110 valence electrons. The summed E-state index contributed by atoms with van der Waals surface area (Å²) in [7, 11) is 0. The van der Waals surface area contributed by atoms with Crippen LogP contribution in [0.1, 0.15) is 20.8 Å². The molecule has 6 heteroatoms. The number of anilines is 2. The molecule has 0 aromatic heterocycles. The Bertz CT molecular complexity index is 457. The number of hydrogen-bond donors (Lipinski definition) is 2. The third-order valence-corrected chi connectivity index (χ3v) is 2.65. The molecule has 20 heavy (non-hydrogen) atoms. The zero-order chi connectivity index (χ0) is 15.1. The number of carbonyl (C=O) groups excluding carboxylic acids is 2. The molecule has 2 amide bonds. The van der Waals surface area contributed by atoms with Gasteiger partial charge in [-0.1, -0.05) is 0 Å². The van der Waals surface area contributed by atoms with Crippen molar-refractivity contribution in [1.29, 1.82) is 0 Å². The van der Waals surface area contributed by atoms with Gasteiger partial charge in [0.15, 0.2) is 0 Å². The molecule has 1 rings (SSSR count). The minimum atomic E-state index is -0.423. The predicted octanol–water partition coefficient (Wildman–Crippen LogP) is 2.07. The molecule has 0 fully saturated rings. The molecule has 0 spiro atoms. The van der Waals surface area contributed by atoms with Crippen LogP contribution in [0, 0.1) is 0 Å². The van der Waals surface area contributed by atoms with Crippen molar-refractivity contribution >= 4 is 23.4 Å². The summed E-state index contributed by atoms with van der Waals surface area (Å²) in [6.07, 6.45) is 0. The number of carbonyl (C=O) groups is 2. The Morgan fingerprint density at radius 1 is 1.30 bits per heavy atom. The molecule has 0 radical (unpaired) electrons. The van der Waals surface area contributed by atoms with Gasteiger partial charge in [0.05, 0.1) is 6.61 Å². The Morgan fingerprint density at radius 2 is 1.90 bits per heavy atom. The van der Waals surface area contributed by atoms with Crippen LogP contribution in [0.2, 0.25) is 0 Å². The van der Waals surface area contributed by atoms with Crippen molar-refractivity contribution in [2.45, 2.75) is 26.8 Å². The van der Waals surface area contributed by atoms with Crippen LogP contribution >= 0.6 is 0 Å². The lowest BCUT2D eigenvalue weighted by Crippen LogP contribution is -2.43. The zero-order valence-electron chi connectivity index (χ0n) is 12.1. The van der Waals surface area contributed by atoms with E-state index in [0.717, 1.165) is 0 Å². The van der Waals surface area contributed by atoms with Crippen LogP contribution in [0.15, 0.2) is 24.3 Å². The lowest BCUT2D eigenvalue weighted by molar-refractivity contribution is -0.144. The van der Waals surface area contributed by atoms with Gasteiger partial charge in [-0.05, 0) is 45.0 Å². The van der Waals surface area contributed by atoms with Crippen molar-refractivity contribution in [1.82, 2.24) is 4.90 Å². The van der Waals surface area contributed by atoms with Crippen molar-refractivity contribution in [2.24, 2.45) is 0 Å². The number of esters is 1. The number of hydrogen-bond acceptors (Lipinski definition) is 4. The summed E-state index contributed by atoms with van der Waals surface area (Å²) in [6.45, 7) is 5.62. The van der Waals surface area contributed by atoms with Gasteiger partial charge >= 0.3 is 12.0 Å². The molecule has 0 aliphatic heterocycles. The molecule has 0 aliphatic carbocycles. The topological polar surface area (TPSA) is 84.7 Å². The summed E-state index contributed by atoms with van der Waals surface area (Å²) >= 11 is 0. The van der Waals surface area contributed by atoms with Crippen molar-refractivity contribution in [3.8, 4) is 0 Å². The van der Waals surface area contributed by atoms with Crippen LogP contribution in [0.5, 0.6) is 0 Å². The Morgan fingerprint density at radius 3 is 2.40 bits per heavy atom. The molecule has 0 heterocycles. The van der Waals surface area contributed by atoms with Crippen LogP contribution < -0.4 is 11.1 Å². The Hall–Kier alpha value is -2.24. The molecule has 1 aromatic rings. The highest BCUT2D eigenvalue weighted by atomic mass is 16.5. The van der Waals surface area contributed by atoms with E-state index < -0.39 is 5.97 Å². The van der Waals surface area contributed by atoms with E-state index in [4.69, 9.17) is 10.5 Å². The average Bonchev–Trinajstić information content (AvgIpc) is 2.38. The Labute approximate surface area is 118 Å². The number of nitrogens with zero attached hydrogens (tertiary/aromatic N) is 1. The van der Waals surface area contributed by atoms with Crippen LogP contribution in [-0.2, 0) is 9.53 Å². The summed E-state index contributed by atoms with van der Waals surface area (Å²) in [5, 5.41) is 2.72. The summed E-state index contributed by atoms with van der Waals surface area (Å²) in [5.74, 6) is -0.423. The number of nitrogens with one attached hydrogen (secondary N) is 1. The number of amides is 2. The normalized spacial score (nSPS) is 10.2. The van der Waals surface area contributed by atoms with Gasteiger partial charge in [0.2, 0.25) is 0 Å². The second kappa shape index (κ2) is 7.37. The average molecular weight is 279 g/mol. The molecule has 1 aromatic carbocycles. The first-order chi connectivity index (χ1) is 9.43. The van der Waals surface area contributed by atoms with Gasteiger partial charge < -0.3 is 20.7 Å². The minimum absolute atomic E-state index is 0.0771. The molecule has 3 N–H and O–H groups in total. The lowest BCUT2D eigenvalue weighted by atomic mass is 10.3.